The van der Waals surface area contributed by atoms with Gasteiger partial charge in [-0.05, 0) is 31.1 Å². The minimum absolute atomic E-state index is 0.0567. The summed E-state index contributed by atoms with van der Waals surface area (Å²) in [5, 5.41) is 10.7. The van der Waals surface area contributed by atoms with Crippen LogP contribution in [0.4, 0.5) is 4.79 Å². The summed E-state index contributed by atoms with van der Waals surface area (Å²) < 4.78 is 7.02. The van der Waals surface area contributed by atoms with Gasteiger partial charge in [0.05, 0.1) is 6.04 Å². The number of urea groups is 1. The molecule has 1 aromatic rings. The fraction of sp³-hybridized carbons (Fsp3) is 0.833. The molecule has 0 radical (unpaired) electrons. The maximum Gasteiger partial charge on any atom is 0.315 e. The standard InChI is InChI=1S/C18H29N5O2/c1-25-11-16-21-17-14(8-5-9-23(17)22-16)19-18(24)20-15-10-13(15)12-6-3-2-4-7-12/h12-15H,2-11H2,1H3,(H2,19,20,24)/t13-,14-,15+/m0/s1. The molecule has 0 bridgehead atoms. The van der Waals surface area contributed by atoms with Crippen molar-refractivity contribution in [2.75, 3.05) is 7.11 Å². The number of carbonyl (C=O) groups excluding carboxylic acids is 1. The third-order valence-corrected chi connectivity index (χ3v) is 5.91. The minimum Gasteiger partial charge on any atom is -0.377 e. The Kier molecular flexibility index (Phi) is 4.92. The third-order valence-electron chi connectivity index (χ3n) is 5.91. The Morgan fingerprint density at radius 2 is 2.04 bits per heavy atom. The molecule has 0 saturated heterocycles. The van der Waals surface area contributed by atoms with Crippen LogP contribution in [0.2, 0.25) is 0 Å². The molecule has 2 amide bonds. The van der Waals surface area contributed by atoms with E-state index in [1.807, 2.05) is 4.68 Å². The van der Waals surface area contributed by atoms with Gasteiger partial charge in [-0.15, -0.1) is 0 Å². The summed E-state index contributed by atoms with van der Waals surface area (Å²) in [6, 6.07) is 0.255. The fourth-order valence-electron chi connectivity index (χ4n) is 4.56. The topological polar surface area (TPSA) is 81.1 Å². The largest absolute Gasteiger partial charge is 0.377 e. The Morgan fingerprint density at radius 1 is 1.20 bits per heavy atom. The molecule has 7 nitrogen and oxygen atoms in total. The van der Waals surface area contributed by atoms with E-state index < -0.39 is 0 Å². The van der Waals surface area contributed by atoms with Crippen LogP contribution in [0.25, 0.3) is 0 Å². The summed E-state index contributed by atoms with van der Waals surface area (Å²) in [7, 11) is 1.64. The molecule has 1 aromatic heterocycles. The summed E-state index contributed by atoms with van der Waals surface area (Å²) in [6.07, 6.45) is 9.86. The second-order valence-electron chi connectivity index (χ2n) is 7.76. The Morgan fingerprint density at radius 3 is 2.84 bits per heavy atom. The Hall–Kier alpha value is -1.63. The van der Waals surface area contributed by atoms with Gasteiger partial charge in [-0.25, -0.2) is 14.5 Å². The van der Waals surface area contributed by atoms with Crippen LogP contribution in [0.5, 0.6) is 0 Å². The molecule has 7 heteroatoms. The van der Waals surface area contributed by atoms with Crippen molar-refractivity contribution in [1.29, 1.82) is 0 Å². The number of methoxy groups -OCH3 is 1. The molecular weight excluding hydrogens is 318 g/mol. The quantitative estimate of drug-likeness (QED) is 0.858. The van der Waals surface area contributed by atoms with Crippen LogP contribution in [-0.4, -0.2) is 33.9 Å². The molecule has 0 spiro atoms. The smallest absolute Gasteiger partial charge is 0.315 e. The molecule has 2 N–H and O–H groups in total. The van der Waals surface area contributed by atoms with Gasteiger partial charge in [-0.2, -0.15) is 5.10 Å². The first-order valence-corrected chi connectivity index (χ1v) is 9.74. The molecular formula is C18H29N5O2. The van der Waals surface area contributed by atoms with E-state index in [-0.39, 0.29) is 12.1 Å². The van der Waals surface area contributed by atoms with Gasteiger partial charge in [0, 0.05) is 19.7 Å². The lowest BCUT2D eigenvalue weighted by Gasteiger charge is -2.24. The number of aromatic nitrogens is 3. The number of ether oxygens (including phenoxy) is 1. The van der Waals surface area contributed by atoms with E-state index >= 15 is 0 Å². The van der Waals surface area contributed by atoms with E-state index in [1.54, 1.807) is 7.11 Å². The van der Waals surface area contributed by atoms with Crippen LogP contribution in [-0.2, 0) is 17.9 Å². The van der Waals surface area contributed by atoms with Gasteiger partial charge in [-0.3, -0.25) is 0 Å². The second kappa shape index (κ2) is 7.32. The highest BCUT2D eigenvalue weighted by atomic mass is 16.5. The number of aryl methyl sites for hydroxylation is 1. The lowest BCUT2D eigenvalue weighted by atomic mass is 9.85. The summed E-state index contributed by atoms with van der Waals surface area (Å²) in [5.74, 6) is 3.07. The first-order chi connectivity index (χ1) is 12.2. The summed E-state index contributed by atoms with van der Waals surface area (Å²) in [5.41, 5.74) is 0. The molecule has 138 valence electrons. The van der Waals surface area contributed by atoms with Gasteiger partial charge in [0.25, 0.3) is 0 Å². The predicted molar refractivity (Wildman–Crippen MR) is 92.8 cm³/mol. The van der Waals surface area contributed by atoms with Gasteiger partial charge < -0.3 is 15.4 Å². The van der Waals surface area contributed by atoms with E-state index in [4.69, 9.17) is 4.74 Å². The molecule has 2 aliphatic carbocycles. The Balaban J connectivity index is 1.30. The highest BCUT2D eigenvalue weighted by Crippen LogP contribution is 2.44. The highest BCUT2D eigenvalue weighted by molar-refractivity contribution is 5.75. The normalized spacial score (nSPS) is 29.1. The molecule has 1 aliphatic heterocycles. The monoisotopic (exact) mass is 347 g/mol. The van der Waals surface area contributed by atoms with Crippen LogP contribution < -0.4 is 10.6 Å². The van der Waals surface area contributed by atoms with E-state index in [1.165, 1.54) is 32.1 Å². The maximum atomic E-state index is 12.4. The lowest BCUT2D eigenvalue weighted by Crippen LogP contribution is -2.41. The van der Waals surface area contributed by atoms with Gasteiger partial charge in [0.15, 0.2) is 5.82 Å². The van der Waals surface area contributed by atoms with Crippen LogP contribution in [0, 0.1) is 11.8 Å². The van der Waals surface area contributed by atoms with Crippen molar-refractivity contribution in [2.24, 2.45) is 11.8 Å². The first-order valence-electron chi connectivity index (χ1n) is 9.74. The second-order valence-corrected chi connectivity index (χ2v) is 7.76. The van der Waals surface area contributed by atoms with Crippen LogP contribution in [0.15, 0.2) is 0 Å². The Bertz CT molecular complexity index is 611. The molecule has 0 aromatic carbocycles. The number of carbonyl (C=O) groups is 1. The SMILES string of the molecule is COCc1nc2n(n1)CCC[C@@H]2NC(=O)N[C@@H]1C[C@H]1C1CCCCC1. The van der Waals surface area contributed by atoms with Crippen LogP contribution in [0.3, 0.4) is 0 Å². The Labute approximate surface area is 148 Å². The zero-order valence-electron chi connectivity index (χ0n) is 15.0. The molecule has 0 unspecified atom stereocenters. The lowest BCUT2D eigenvalue weighted by molar-refractivity contribution is 0.177. The van der Waals surface area contributed by atoms with E-state index in [0.29, 0.717) is 24.4 Å². The van der Waals surface area contributed by atoms with Crippen LogP contribution >= 0.6 is 0 Å². The summed E-state index contributed by atoms with van der Waals surface area (Å²) in [4.78, 5) is 17.0. The summed E-state index contributed by atoms with van der Waals surface area (Å²) in [6.45, 7) is 1.27. The maximum absolute atomic E-state index is 12.4. The van der Waals surface area contributed by atoms with Gasteiger partial charge in [-0.1, -0.05) is 32.1 Å². The minimum atomic E-state index is -0.0574. The van der Waals surface area contributed by atoms with E-state index in [0.717, 1.165) is 37.5 Å². The molecule has 3 atom stereocenters. The van der Waals surface area contributed by atoms with Crippen molar-refractivity contribution in [3.05, 3.63) is 11.6 Å². The highest BCUT2D eigenvalue weighted by Gasteiger charge is 2.44. The zero-order chi connectivity index (χ0) is 17.2. The number of fused-ring (bicyclic) bond motifs is 1. The zero-order valence-corrected chi connectivity index (χ0v) is 15.0. The average Bonchev–Trinajstić information content (AvgIpc) is 3.24. The van der Waals surface area contributed by atoms with Gasteiger partial charge in [0.2, 0.25) is 0 Å². The molecule has 2 heterocycles. The predicted octanol–water partition coefficient (Wildman–Crippen LogP) is 2.53. The molecule has 25 heavy (non-hydrogen) atoms. The number of amides is 2. The average molecular weight is 347 g/mol. The van der Waals surface area contributed by atoms with Crippen molar-refractivity contribution in [2.45, 2.75) is 76.6 Å². The van der Waals surface area contributed by atoms with Crippen molar-refractivity contribution in [1.82, 2.24) is 25.4 Å². The third kappa shape index (κ3) is 3.81. The van der Waals surface area contributed by atoms with Gasteiger partial charge in [0.1, 0.15) is 12.4 Å². The summed E-state index contributed by atoms with van der Waals surface area (Å²) >= 11 is 0. The first kappa shape index (κ1) is 16.8. The van der Waals surface area contributed by atoms with Crippen molar-refractivity contribution < 1.29 is 9.53 Å². The number of rotatable bonds is 5. The molecule has 3 aliphatic rings. The van der Waals surface area contributed by atoms with Crippen molar-refractivity contribution in [3.8, 4) is 0 Å². The number of nitrogens with one attached hydrogen (secondary N) is 2. The van der Waals surface area contributed by atoms with E-state index in [2.05, 4.69) is 20.7 Å². The number of nitrogens with zero attached hydrogens (tertiary/aromatic N) is 3. The van der Waals surface area contributed by atoms with Crippen molar-refractivity contribution in [3.63, 3.8) is 0 Å². The molecule has 2 fully saturated rings. The van der Waals surface area contributed by atoms with Crippen LogP contribution in [0.1, 0.15) is 69.1 Å². The fourth-order valence-corrected chi connectivity index (χ4v) is 4.56. The number of hydrogen-bond acceptors (Lipinski definition) is 4. The van der Waals surface area contributed by atoms with Crippen molar-refractivity contribution >= 4 is 6.03 Å². The molecule has 4 rings (SSSR count). The molecule has 2 saturated carbocycles. The van der Waals surface area contributed by atoms with Gasteiger partial charge >= 0.3 is 6.03 Å². The van der Waals surface area contributed by atoms with E-state index in [9.17, 15) is 4.79 Å². The number of hydrogen-bond donors (Lipinski definition) is 2.